The number of carbonyl (C=O) groups is 2. The van der Waals surface area contributed by atoms with Crippen LogP contribution in [0.2, 0.25) is 0 Å². The third-order valence-electron chi connectivity index (χ3n) is 7.78. The first kappa shape index (κ1) is 33.5. The molecule has 0 amide bonds. The van der Waals surface area contributed by atoms with Crippen molar-refractivity contribution in [1.82, 2.24) is 0 Å². The van der Waals surface area contributed by atoms with Crippen LogP contribution >= 0.6 is 0 Å². The van der Waals surface area contributed by atoms with Gasteiger partial charge in [-0.25, -0.2) is 0 Å². The van der Waals surface area contributed by atoms with Gasteiger partial charge in [-0.3, -0.25) is 9.59 Å². The first-order valence-electron chi connectivity index (χ1n) is 16.4. The Kier molecular flexibility index (Phi) is 18.5. The monoisotopic (exact) mass is 542 g/mol. The van der Waals surface area contributed by atoms with Crippen molar-refractivity contribution in [3.05, 3.63) is 70.8 Å². The van der Waals surface area contributed by atoms with Crippen molar-refractivity contribution in [2.24, 2.45) is 0 Å². The Morgan fingerprint density at radius 2 is 0.700 bits per heavy atom. The van der Waals surface area contributed by atoms with Gasteiger partial charge in [0.15, 0.2) is 11.6 Å². The number of hydrogen-bond donors (Lipinski definition) is 0. The molecular formula is C38H54O2. The lowest BCUT2D eigenvalue weighted by molar-refractivity contribution is 0.0971. The molecule has 2 aromatic carbocycles. The van der Waals surface area contributed by atoms with E-state index in [1.54, 1.807) is 0 Å². The Morgan fingerprint density at radius 3 is 1.00 bits per heavy atom. The second kappa shape index (κ2) is 22.1. The molecule has 0 aliphatic heterocycles. The largest absolute Gasteiger partial charge is 0.294 e. The van der Waals surface area contributed by atoms with E-state index in [9.17, 15) is 9.59 Å². The topological polar surface area (TPSA) is 34.1 Å². The molecule has 0 fully saturated rings. The van der Waals surface area contributed by atoms with Crippen LogP contribution in [0.4, 0.5) is 0 Å². The number of carbonyl (C=O) groups excluding carboxylic acids is 2. The molecule has 0 unspecified atom stereocenters. The van der Waals surface area contributed by atoms with Gasteiger partial charge in [0.05, 0.1) is 0 Å². The van der Waals surface area contributed by atoms with Gasteiger partial charge in [0, 0.05) is 35.1 Å². The molecule has 2 rings (SSSR count). The summed E-state index contributed by atoms with van der Waals surface area (Å²) >= 11 is 0. The van der Waals surface area contributed by atoms with E-state index in [0.717, 1.165) is 47.9 Å². The smallest absolute Gasteiger partial charge is 0.162 e. The van der Waals surface area contributed by atoms with Crippen molar-refractivity contribution < 1.29 is 9.59 Å². The Bertz CT molecular complexity index is 923. The van der Waals surface area contributed by atoms with Crippen molar-refractivity contribution in [3.8, 4) is 11.8 Å². The summed E-state index contributed by atoms with van der Waals surface area (Å²) in [6, 6.07) is 15.3. The minimum absolute atomic E-state index is 0.227. The molecule has 0 radical (unpaired) electrons. The molecule has 0 aliphatic rings. The first-order chi connectivity index (χ1) is 19.6. The summed E-state index contributed by atoms with van der Waals surface area (Å²) in [6.45, 7) is 4.50. The molecule has 2 aromatic rings. The molecule has 40 heavy (non-hydrogen) atoms. The zero-order valence-corrected chi connectivity index (χ0v) is 25.6. The average molecular weight is 543 g/mol. The van der Waals surface area contributed by atoms with E-state index in [1.165, 1.54) is 89.9 Å². The van der Waals surface area contributed by atoms with Gasteiger partial charge < -0.3 is 0 Å². The Hall–Kier alpha value is -2.66. The van der Waals surface area contributed by atoms with Crippen LogP contribution in [0.3, 0.4) is 0 Å². The van der Waals surface area contributed by atoms with E-state index in [2.05, 4.69) is 25.7 Å². The summed E-state index contributed by atoms with van der Waals surface area (Å²) in [7, 11) is 0. The lowest BCUT2D eigenvalue weighted by Gasteiger charge is -2.03. The maximum atomic E-state index is 12.5. The number of rotatable bonds is 22. The molecule has 0 saturated carbocycles. The standard InChI is InChI=1S/C38H54O2/c1-3-5-7-9-11-13-15-17-19-21-37(39)35-29-25-33(26-30-35)23-24-34-27-31-36(32-28-34)38(40)22-20-18-16-14-12-10-8-6-4-2/h25-32H,3-22H2,1-2H3. The average Bonchev–Trinajstić information content (AvgIpc) is 2.98. The fourth-order valence-electron chi connectivity index (χ4n) is 5.10. The molecule has 2 heteroatoms. The molecule has 0 heterocycles. The zero-order valence-electron chi connectivity index (χ0n) is 25.6. The summed E-state index contributed by atoms with van der Waals surface area (Å²) in [5.41, 5.74) is 3.34. The first-order valence-corrected chi connectivity index (χ1v) is 16.4. The minimum Gasteiger partial charge on any atom is -0.294 e. The highest BCUT2D eigenvalue weighted by molar-refractivity contribution is 5.96. The van der Waals surface area contributed by atoms with Crippen LogP contribution in [0, 0.1) is 11.8 Å². The summed E-state index contributed by atoms with van der Waals surface area (Å²) in [4.78, 5) is 25.0. The van der Waals surface area contributed by atoms with Crippen molar-refractivity contribution in [1.29, 1.82) is 0 Å². The fraction of sp³-hybridized carbons (Fsp3) is 0.579. The van der Waals surface area contributed by atoms with Crippen LogP contribution in [0.25, 0.3) is 0 Å². The molecule has 0 aromatic heterocycles. The molecule has 0 bridgehead atoms. The van der Waals surface area contributed by atoms with E-state index in [4.69, 9.17) is 0 Å². The second-order valence-electron chi connectivity index (χ2n) is 11.4. The molecule has 0 atom stereocenters. The van der Waals surface area contributed by atoms with E-state index in [-0.39, 0.29) is 11.6 Å². The molecule has 0 N–H and O–H groups in total. The lowest BCUT2D eigenvalue weighted by atomic mass is 10.0. The van der Waals surface area contributed by atoms with Gasteiger partial charge in [0.1, 0.15) is 0 Å². The van der Waals surface area contributed by atoms with Gasteiger partial charge in [-0.2, -0.15) is 0 Å². The summed E-state index contributed by atoms with van der Waals surface area (Å²) in [5.74, 6) is 6.82. The van der Waals surface area contributed by atoms with Crippen LogP contribution in [0.15, 0.2) is 48.5 Å². The third kappa shape index (κ3) is 15.2. The van der Waals surface area contributed by atoms with Gasteiger partial charge >= 0.3 is 0 Å². The third-order valence-corrected chi connectivity index (χ3v) is 7.78. The van der Waals surface area contributed by atoms with Crippen LogP contribution in [0.5, 0.6) is 0 Å². The minimum atomic E-state index is 0.227. The van der Waals surface area contributed by atoms with E-state index in [0.29, 0.717) is 12.8 Å². The van der Waals surface area contributed by atoms with Crippen molar-refractivity contribution in [2.75, 3.05) is 0 Å². The van der Waals surface area contributed by atoms with Crippen molar-refractivity contribution in [2.45, 2.75) is 142 Å². The van der Waals surface area contributed by atoms with Gasteiger partial charge in [0.25, 0.3) is 0 Å². The maximum absolute atomic E-state index is 12.5. The van der Waals surface area contributed by atoms with Gasteiger partial charge in [-0.15, -0.1) is 0 Å². The SMILES string of the molecule is CCCCCCCCCCCC(=O)c1ccc(C#Cc2ccc(C(=O)CCCCCCCCCCC)cc2)cc1. The predicted octanol–water partition coefficient (Wildman–Crippen LogP) is 11.3. The van der Waals surface area contributed by atoms with Crippen LogP contribution in [-0.4, -0.2) is 11.6 Å². The second-order valence-corrected chi connectivity index (χ2v) is 11.4. The summed E-state index contributed by atoms with van der Waals surface area (Å²) in [6.07, 6.45) is 24.0. The Balaban J connectivity index is 1.65. The summed E-state index contributed by atoms with van der Waals surface area (Å²) in [5, 5.41) is 0. The molecule has 0 aliphatic carbocycles. The number of unbranched alkanes of at least 4 members (excludes halogenated alkanes) is 16. The summed E-state index contributed by atoms with van der Waals surface area (Å²) < 4.78 is 0. The number of hydrogen-bond acceptors (Lipinski definition) is 2. The maximum Gasteiger partial charge on any atom is 0.162 e. The number of benzene rings is 2. The molecule has 0 saturated heterocycles. The predicted molar refractivity (Wildman–Crippen MR) is 171 cm³/mol. The van der Waals surface area contributed by atoms with Crippen molar-refractivity contribution in [3.63, 3.8) is 0 Å². The molecule has 218 valence electrons. The van der Waals surface area contributed by atoms with E-state index < -0.39 is 0 Å². The molecule has 0 spiro atoms. The zero-order chi connectivity index (χ0) is 28.7. The highest BCUT2D eigenvalue weighted by Gasteiger charge is 2.06. The fourth-order valence-corrected chi connectivity index (χ4v) is 5.10. The van der Waals surface area contributed by atoms with Crippen LogP contribution in [-0.2, 0) is 0 Å². The van der Waals surface area contributed by atoms with E-state index >= 15 is 0 Å². The Morgan fingerprint density at radius 1 is 0.425 bits per heavy atom. The van der Waals surface area contributed by atoms with Gasteiger partial charge in [0.2, 0.25) is 0 Å². The molecular weight excluding hydrogens is 488 g/mol. The number of Topliss-reactive ketones (excluding diaryl/α,β-unsaturated/α-hetero) is 2. The number of ketones is 2. The highest BCUT2D eigenvalue weighted by Crippen LogP contribution is 2.15. The highest BCUT2D eigenvalue weighted by atomic mass is 16.1. The normalized spacial score (nSPS) is 10.8. The molecule has 2 nitrogen and oxygen atoms in total. The van der Waals surface area contributed by atoms with Crippen molar-refractivity contribution >= 4 is 11.6 Å². The van der Waals surface area contributed by atoms with Gasteiger partial charge in [-0.1, -0.05) is 153 Å². The van der Waals surface area contributed by atoms with Gasteiger partial charge in [-0.05, 0) is 37.1 Å². The van der Waals surface area contributed by atoms with Crippen LogP contribution < -0.4 is 0 Å². The van der Waals surface area contributed by atoms with E-state index in [1.807, 2.05) is 48.5 Å². The van der Waals surface area contributed by atoms with Crippen LogP contribution in [0.1, 0.15) is 174 Å². The quantitative estimate of drug-likeness (QED) is 0.0842. The lowest BCUT2D eigenvalue weighted by Crippen LogP contribution is -1.99. The Labute approximate surface area is 245 Å².